The van der Waals surface area contributed by atoms with Crippen molar-refractivity contribution in [2.45, 2.75) is 11.8 Å². The quantitative estimate of drug-likeness (QED) is 0.492. The van der Waals surface area contributed by atoms with Gasteiger partial charge in [0, 0.05) is 11.0 Å². The summed E-state index contributed by atoms with van der Waals surface area (Å²) in [5.74, 6) is -0.929. The van der Waals surface area contributed by atoms with E-state index in [1.54, 1.807) is 23.9 Å². The number of hydrogen-bond donors (Lipinski definition) is 1. The molecule has 0 atom stereocenters. The van der Waals surface area contributed by atoms with Crippen molar-refractivity contribution in [1.82, 2.24) is 0 Å². The maximum atomic E-state index is 10.3. The van der Waals surface area contributed by atoms with E-state index in [1.807, 2.05) is 25.3 Å². The van der Waals surface area contributed by atoms with Gasteiger partial charge in [0.2, 0.25) is 0 Å². The molecule has 1 rings (SSSR count). The molecule has 84 valence electrons. The number of carboxylic acids is 1. The van der Waals surface area contributed by atoms with Gasteiger partial charge in [-0.3, -0.25) is 0 Å². The maximum Gasteiger partial charge on any atom is 0.328 e. The van der Waals surface area contributed by atoms with Crippen LogP contribution in [0, 0.1) is 0 Å². The average molecular weight is 234 g/mol. The molecule has 0 saturated carbocycles. The normalized spacial score (nSPS) is 12.0. The Morgan fingerprint density at radius 3 is 2.44 bits per heavy atom. The van der Waals surface area contributed by atoms with Crippen LogP contribution in [0.3, 0.4) is 0 Å². The maximum absolute atomic E-state index is 10.3. The smallest absolute Gasteiger partial charge is 0.328 e. The molecule has 0 saturated heterocycles. The lowest BCUT2D eigenvalue weighted by Gasteiger charge is -2.01. The molecule has 0 aliphatic heterocycles. The van der Waals surface area contributed by atoms with Gasteiger partial charge in [0.15, 0.2) is 0 Å². The SMILES string of the molecule is CSc1ccc(/C(C)=C/C=C/C(=O)O)cc1. The van der Waals surface area contributed by atoms with Crippen LogP contribution < -0.4 is 0 Å². The summed E-state index contributed by atoms with van der Waals surface area (Å²) in [6.45, 7) is 1.96. The molecule has 1 aromatic rings. The van der Waals surface area contributed by atoms with Crippen LogP contribution in [0.5, 0.6) is 0 Å². The van der Waals surface area contributed by atoms with Crippen molar-refractivity contribution in [2.24, 2.45) is 0 Å². The van der Waals surface area contributed by atoms with Gasteiger partial charge >= 0.3 is 5.97 Å². The molecule has 0 aliphatic rings. The Kier molecular flexibility index (Phi) is 4.86. The van der Waals surface area contributed by atoms with E-state index in [4.69, 9.17) is 5.11 Å². The number of carbonyl (C=O) groups is 1. The summed E-state index contributed by atoms with van der Waals surface area (Å²) in [6.07, 6.45) is 6.50. The summed E-state index contributed by atoms with van der Waals surface area (Å²) in [7, 11) is 0. The zero-order chi connectivity index (χ0) is 12.0. The van der Waals surface area contributed by atoms with Gasteiger partial charge in [0.25, 0.3) is 0 Å². The molecule has 3 heteroatoms. The summed E-state index contributed by atoms with van der Waals surface area (Å²) in [4.78, 5) is 11.5. The highest BCUT2D eigenvalue weighted by Gasteiger charge is 1.95. The molecule has 0 unspecified atom stereocenters. The van der Waals surface area contributed by atoms with Gasteiger partial charge in [-0.2, -0.15) is 0 Å². The third kappa shape index (κ3) is 3.95. The van der Waals surface area contributed by atoms with E-state index in [-0.39, 0.29) is 0 Å². The first-order valence-corrected chi connectivity index (χ1v) is 6.08. The molecule has 0 fully saturated rings. The molecule has 0 radical (unpaired) electrons. The molecule has 16 heavy (non-hydrogen) atoms. The number of allylic oxidation sites excluding steroid dienone is 3. The average Bonchev–Trinajstić information content (AvgIpc) is 2.28. The fourth-order valence-corrected chi connectivity index (χ4v) is 1.63. The minimum Gasteiger partial charge on any atom is -0.478 e. The highest BCUT2D eigenvalue weighted by atomic mass is 32.2. The fourth-order valence-electron chi connectivity index (χ4n) is 1.22. The Hall–Kier alpha value is -1.48. The molecule has 0 aromatic heterocycles. The molecule has 0 bridgehead atoms. The number of aliphatic carboxylic acids is 1. The molecule has 1 aromatic carbocycles. The molecule has 0 amide bonds. The Morgan fingerprint density at radius 1 is 1.31 bits per heavy atom. The number of thioether (sulfide) groups is 1. The van der Waals surface area contributed by atoms with Crippen molar-refractivity contribution >= 4 is 23.3 Å². The van der Waals surface area contributed by atoms with Crippen molar-refractivity contribution in [2.75, 3.05) is 6.26 Å². The first-order valence-electron chi connectivity index (χ1n) is 4.86. The first kappa shape index (κ1) is 12.6. The van der Waals surface area contributed by atoms with E-state index in [1.165, 1.54) is 4.90 Å². The van der Waals surface area contributed by atoms with Gasteiger partial charge in [-0.25, -0.2) is 4.79 Å². The molecule has 2 nitrogen and oxygen atoms in total. The van der Waals surface area contributed by atoms with Crippen molar-refractivity contribution in [1.29, 1.82) is 0 Å². The van der Waals surface area contributed by atoms with Gasteiger partial charge in [-0.1, -0.05) is 24.3 Å². The van der Waals surface area contributed by atoms with Crippen molar-refractivity contribution in [3.63, 3.8) is 0 Å². The zero-order valence-corrected chi connectivity index (χ0v) is 10.1. The standard InChI is InChI=1S/C13H14O2S/c1-10(4-3-5-13(14)15)11-6-8-12(16-2)9-7-11/h3-9H,1-2H3,(H,14,15)/b5-3+,10-4+. The predicted octanol–water partition coefficient (Wildman–Crippen LogP) is 3.45. The summed E-state index contributed by atoms with van der Waals surface area (Å²) >= 11 is 1.70. The van der Waals surface area contributed by atoms with E-state index in [0.717, 1.165) is 17.2 Å². The fraction of sp³-hybridized carbons (Fsp3) is 0.154. The molecule has 0 aliphatic carbocycles. The summed E-state index contributed by atoms with van der Waals surface area (Å²) in [5, 5.41) is 8.45. The van der Waals surface area contributed by atoms with Gasteiger partial charge in [0.1, 0.15) is 0 Å². The number of carboxylic acid groups (broad SMARTS) is 1. The van der Waals surface area contributed by atoms with Crippen LogP contribution in [0.4, 0.5) is 0 Å². The summed E-state index contributed by atoms with van der Waals surface area (Å²) in [6, 6.07) is 8.18. The molecule has 0 spiro atoms. The van der Waals surface area contributed by atoms with Crippen LogP contribution in [0.25, 0.3) is 5.57 Å². The van der Waals surface area contributed by atoms with Crippen LogP contribution in [0.1, 0.15) is 12.5 Å². The minimum atomic E-state index is -0.929. The highest BCUT2D eigenvalue weighted by molar-refractivity contribution is 7.98. The molecule has 0 heterocycles. The highest BCUT2D eigenvalue weighted by Crippen LogP contribution is 2.19. The van der Waals surface area contributed by atoms with Crippen LogP contribution >= 0.6 is 11.8 Å². The van der Waals surface area contributed by atoms with Crippen LogP contribution in [-0.4, -0.2) is 17.3 Å². The topological polar surface area (TPSA) is 37.3 Å². The lowest BCUT2D eigenvalue weighted by molar-refractivity contribution is -0.131. The Bertz CT molecular complexity index is 416. The second-order valence-electron chi connectivity index (χ2n) is 3.28. The minimum absolute atomic E-state index is 0.929. The van der Waals surface area contributed by atoms with E-state index >= 15 is 0 Å². The Balaban J connectivity index is 2.79. The lowest BCUT2D eigenvalue weighted by atomic mass is 10.1. The van der Waals surface area contributed by atoms with Crippen molar-refractivity contribution < 1.29 is 9.90 Å². The largest absolute Gasteiger partial charge is 0.478 e. The van der Waals surface area contributed by atoms with E-state index < -0.39 is 5.97 Å². The van der Waals surface area contributed by atoms with Crippen LogP contribution in [-0.2, 0) is 4.79 Å². The molecule has 1 N–H and O–H groups in total. The summed E-state index contributed by atoms with van der Waals surface area (Å²) in [5.41, 5.74) is 2.15. The van der Waals surface area contributed by atoms with Gasteiger partial charge in [0.05, 0.1) is 0 Å². The van der Waals surface area contributed by atoms with Gasteiger partial charge < -0.3 is 5.11 Å². The van der Waals surface area contributed by atoms with E-state index in [9.17, 15) is 4.79 Å². The van der Waals surface area contributed by atoms with Crippen LogP contribution in [0.2, 0.25) is 0 Å². The van der Waals surface area contributed by atoms with Crippen LogP contribution in [0.15, 0.2) is 47.4 Å². The monoisotopic (exact) mass is 234 g/mol. The number of benzene rings is 1. The van der Waals surface area contributed by atoms with Crippen molar-refractivity contribution in [3.05, 3.63) is 48.1 Å². The number of rotatable bonds is 4. The zero-order valence-electron chi connectivity index (χ0n) is 9.31. The summed E-state index contributed by atoms with van der Waals surface area (Å²) < 4.78 is 0. The third-order valence-electron chi connectivity index (χ3n) is 2.13. The molecular weight excluding hydrogens is 220 g/mol. The first-order chi connectivity index (χ1) is 7.63. The van der Waals surface area contributed by atoms with Gasteiger partial charge in [-0.05, 0) is 36.4 Å². The van der Waals surface area contributed by atoms with Gasteiger partial charge in [-0.15, -0.1) is 11.8 Å². The second kappa shape index (κ2) is 6.18. The molecular formula is C13H14O2S. The van der Waals surface area contributed by atoms with E-state index in [2.05, 4.69) is 12.1 Å². The third-order valence-corrected chi connectivity index (χ3v) is 2.87. The predicted molar refractivity (Wildman–Crippen MR) is 68.6 cm³/mol. The second-order valence-corrected chi connectivity index (χ2v) is 4.16. The van der Waals surface area contributed by atoms with Crippen molar-refractivity contribution in [3.8, 4) is 0 Å². The lowest BCUT2D eigenvalue weighted by Crippen LogP contribution is -1.85. The Morgan fingerprint density at radius 2 is 1.94 bits per heavy atom. The Labute approximate surface area is 99.7 Å². The number of hydrogen-bond acceptors (Lipinski definition) is 2. The van der Waals surface area contributed by atoms with E-state index in [0.29, 0.717) is 0 Å².